The molecule has 0 radical (unpaired) electrons. The van der Waals surface area contributed by atoms with Crippen LogP contribution in [0.15, 0.2) is 47.8 Å². The molecular weight excluding hydrogens is 347 g/mol. The second-order valence-electron chi connectivity index (χ2n) is 5.26. The maximum atomic E-state index is 13.7. The molecule has 6 heteroatoms. The van der Waals surface area contributed by atoms with Gasteiger partial charge in [0.25, 0.3) is 5.91 Å². The van der Waals surface area contributed by atoms with Crippen LogP contribution in [-0.4, -0.2) is 10.9 Å². The first-order valence-electron chi connectivity index (χ1n) is 7.27. The Bertz CT molecular complexity index is 877. The van der Waals surface area contributed by atoms with Gasteiger partial charge in [-0.3, -0.25) is 4.79 Å². The maximum Gasteiger partial charge on any atom is 0.254 e. The molecule has 0 aliphatic carbocycles. The number of nitrogens with one attached hydrogen (secondary N) is 1. The molecule has 1 heterocycles. The number of aromatic nitrogens is 1. The van der Waals surface area contributed by atoms with Crippen LogP contribution in [0.3, 0.4) is 0 Å². The number of carbonyl (C=O) groups excluding carboxylic acids is 1. The van der Waals surface area contributed by atoms with E-state index in [1.807, 2.05) is 36.6 Å². The van der Waals surface area contributed by atoms with Crippen molar-refractivity contribution in [2.24, 2.45) is 0 Å². The van der Waals surface area contributed by atoms with E-state index in [4.69, 9.17) is 11.6 Å². The molecule has 0 unspecified atom stereocenters. The van der Waals surface area contributed by atoms with Gasteiger partial charge < -0.3 is 5.32 Å². The monoisotopic (exact) mass is 360 g/mol. The Morgan fingerprint density at radius 1 is 1.25 bits per heavy atom. The van der Waals surface area contributed by atoms with Gasteiger partial charge in [-0.2, -0.15) is 0 Å². The summed E-state index contributed by atoms with van der Waals surface area (Å²) < 4.78 is 13.7. The number of carbonyl (C=O) groups is 1. The summed E-state index contributed by atoms with van der Waals surface area (Å²) >= 11 is 7.41. The zero-order valence-electron chi connectivity index (χ0n) is 12.8. The summed E-state index contributed by atoms with van der Waals surface area (Å²) in [6, 6.07) is 11.7. The van der Waals surface area contributed by atoms with Crippen LogP contribution in [-0.2, 0) is 6.54 Å². The van der Waals surface area contributed by atoms with E-state index < -0.39 is 11.7 Å². The van der Waals surface area contributed by atoms with E-state index in [-0.39, 0.29) is 5.56 Å². The highest BCUT2D eigenvalue weighted by atomic mass is 35.5. The Labute approximate surface area is 148 Å². The van der Waals surface area contributed by atoms with Crippen LogP contribution in [0.1, 0.15) is 20.9 Å². The third-order valence-electron chi connectivity index (χ3n) is 3.49. The highest BCUT2D eigenvalue weighted by Crippen LogP contribution is 2.22. The van der Waals surface area contributed by atoms with Gasteiger partial charge in [-0.05, 0) is 30.7 Å². The molecule has 3 aromatic rings. The van der Waals surface area contributed by atoms with E-state index in [1.165, 1.54) is 18.2 Å². The summed E-state index contributed by atoms with van der Waals surface area (Å²) in [5, 5.41) is 6.05. The zero-order chi connectivity index (χ0) is 17.1. The number of rotatable bonds is 4. The summed E-state index contributed by atoms with van der Waals surface area (Å²) in [5.74, 6) is -1.08. The SMILES string of the molecule is Cc1nc(-c2ccc(CNC(=O)c3cc(Cl)ccc3F)cc2)cs1. The van der Waals surface area contributed by atoms with E-state index in [1.54, 1.807) is 11.3 Å². The molecule has 0 bridgehead atoms. The lowest BCUT2D eigenvalue weighted by Crippen LogP contribution is -2.23. The maximum absolute atomic E-state index is 13.7. The fourth-order valence-corrected chi connectivity index (χ4v) is 3.03. The Hall–Kier alpha value is -2.24. The Morgan fingerprint density at radius 3 is 2.67 bits per heavy atom. The van der Waals surface area contributed by atoms with Crippen molar-refractivity contribution in [3.05, 3.63) is 74.8 Å². The highest BCUT2D eigenvalue weighted by molar-refractivity contribution is 7.09. The lowest BCUT2D eigenvalue weighted by atomic mass is 10.1. The first-order chi connectivity index (χ1) is 11.5. The number of thiazole rings is 1. The van der Waals surface area contributed by atoms with Gasteiger partial charge in [0.05, 0.1) is 16.3 Å². The van der Waals surface area contributed by atoms with Crippen molar-refractivity contribution < 1.29 is 9.18 Å². The molecule has 2 aromatic carbocycles. The molecule has 3 rings (SSSR count). The van der Waals surface area contributed by atoms with E-state index in [2.05, 4.69) is 10.3 Å². The van der Waals surface area contributed by atoms with Crippen LogP contribution in [0.2, 0.25) is 5.02 Å². The predicted molar refractivity (Wildman–Crippen MR) is 94.9 cm³/mol. The van der Waals surface area contributed by atoms with Crippen LogP contribution in [0.5, 0.6) is 0 Å². The number of amides is 1. The lowest BCUT2D eigenvalue weighted by Gasteiger charge is -2.07. The highest BCUT2D eigenvalue weighted by Gasteiger charge is 2.12. The third-order valence-corrected chi connectivity index (χ3v) is 4.50. The molecule has 0 fully saturated rings. The fourth-order valence-electron chi connectivity index (χ4n) is 2.24. The number of benzene rings is 2. The van der Waals surface area contributed by atoms with E-state index in [0.29, 0.717) is 11.6 Å². The van der Waals surface area contributed by atoms with Gasteiger partial charge in [0.2, 0.25) is 0 Å². The van der Waals surface area contributed by atoms with Crippen LogP contribution < -0.4 is 5.32 Å². The molecule has 1 aromatic heterocycles. The molecular formula is C18H14ClFN2OS. The quantitative estimate of drug-likeness (QED) is 0.723. The lowest BCUT2D eigenvalue weighted by molar-refractivity contribution is 0.0947. The number of hydrogen-bond acceptors (Lipinski definition) is 3. The van der Waals surface area contributed by atoms with Crippen LogP contribution in [0.25, 0.3) is 11.3 Å². The smallest absolute Gasteiger partial charge is 0.254 e. The van der Waals surface area contributed by atoms with Gasteiger partial charge in [-0.1, -0.05) is 35.9 Å². The van der Waals surface area contributed by atoms with Crippen molar-refractivity contribution in [1.29, 1.82) is 0 Å². The fraction of sp³-hybridized carbons (Fsp3) is 0.111. The molecule has 3 nitrogen and oxygen atoms in total. The van der Waals surface area contributed by atoms with Crippen molar-refractivity contribution in [1.82, 2.24) is 10.3 Å². The van der Waals surface area contributed by atoms with Crippen LogP contribution >= 0.6 is 22.9 Å². The largest absolute Gasteiger partial charge is 0.348 e. The first-order valence-corrected chi connectivity index (χ1v) is 8.53. The molecule has 1 N–H and O–H groups in total. The molecule has 0 saturated carbocycles. The van der Waals surface area contributed by atoms with E-state index in [0.717, 1.165) is 21.8 Å². The molecule has 122 valence electrons. The number of nitrogens with zero attached hydrogens (tertiary/aromatic N) is 1. The molecule has 0 aliphatic heterocycles. The Kier molecular flexibility index (Phi) is 4.92. The summed E-state index contributed by atoms with van der Waals surface area (Å²) in [6.07, 6.45) is 0. The summed E-state index contributed by atoms with van der Waals surface area (Å²) in [5.41, 5.74) is 2.82. The van der Waals surface area contributed by atoms with Gasteiger partial charge in [0, 0.05) is 22.5 Å². The minimum absolute atomic E-state index is 0.0583. The molecule has 0 saturated heterocycles. The average molecular weight is 361 g/mol. The zero-order valence-corrected chi connectivity index (χ0v) is 14.4. The van der Waals surface area contributed by atoms with Gasteiger partial charge in [0.15, 0.2) is 0 Å². The first kappa shape index (κ1) is 16.6. The van der Waals surface area contributed by atoms with Crippen molar-refractivity contribution in [3.63, 3.8) is 0 Å². The second kappa shape index (κ2) is 7.11. The van der Waals surface area contributed by atoms with Gasteiger partial charge in [-0.25, -0.2) is 9.37 Å². The minimum Gasteiger partial charge on any atom is -0.348 e. The number of aryl methyl sites for hydroxylation is 1. The topological polar surface area (TPSA) is 42.0 Å². The normalized spacial score (nSPS) is 10.6. The van der Waals surface area contributed by atoms with Gasteiger partial charge in [0.1, 0.15) is 5.82 Å². The summed E-state index contributed by atoms with van der Waals surface area (Å²) in [6.45, 7) is 2.27. The van der Waals surface area contributed by atoms with Crippen LogP contribution in [0, 0.1) is 12.7 Å². The van der Waals surface area contributed by atoms with E-state index >= 15 is 0 Å². The summed E-state index contributed by atoms with van der Waals surface area (Å²) in [7, 11) is 0. The standard InChI is InChI=1S/C18H14ClFN2OS/c1-11-22-17(10-24-11)13-4-2-12(3-5-13)9-21-18(23)15-8-14(19)6-7-16(15)20/h2-8,10H,9H2,1H3,(H,21,23). The minimum atomic E-state index is -0.592. The van der Waals surface area contributed by atoms with Crippen molar-refractivity contribution in [2.75, 3.05) is 0 Å². The number of halogens is 2. The molecule has 1 amide bonds. The van der Waals surface area contributed by atoms with Crippen LogP contribution in [0.4, 0.5) is 4.39 Å². The molecule has 0 spiro atoms. The van der Waals surface area contributed by atoms with Crippen molar-refractivity contribution >= 4 is 28.8 Å². The van der Waals surface area contributed by atoms with Crippen molar-refractivity contribution in [3.8, 4) is 11.3 Å². The van der Waals surface area contributed by atoms with Gasteiger partial charge in [-0.15, -0.1) is 11.3 Å². The molecule has 0 atom stereocenters. The summed E-state index contributed by atoms with van der Waals surface area (Å²) in [4.78, 5) is 16.5. The predicted octanol–water partition coefficient (Wildman–Crippen LogP) is 4.84. The molecule has 0 aliphatic rings. The Morgan fingerprint density at radius 2 is 2.00 bits per heavy atom. The average Bonchev–Trinajstić information content (AvgIpc) is 3.02. The van der Waals surface area contributed by atoms with Crippen molar-refractivity contribution in [2.45, 2.75) is 13.5 Å². The third kappa shape index (κ3) is 3.80. The van der Waals surface area contributed by atoms with E-state index in [9.17, 15) is 9.18 Å². The second-order valence-corrected chi connectivity index (χ2v) is 6.75. The molecule has 24 heavy (non-hydrogen) atoms. The Balaban J connectivity index is 1.66. The van der Waals surface area contributed by atoms with Gasteiger partial charge >= 0.3 is 0 Å². The number of hydrogen-bond donors (Lipinski definition) is 1.